The van der Waals surface area contributed by atoms with E-state index in [-0.39, 0.29) is 6.04 Å². The first-order valence-corrected chi connectivity index (χ1v) is 7.55. The van der Waals surface area contributed by atoms with Gasteiger partial charge in [0, 0.05) is 21.5 Å². The Morgan fingerprint density at radius 2 is 1.95 bits per heavy atom. The second kappa shape index (κ2) is 6.41. The van der Waals surface area contributed by atoms with E-state index in [1.165, 1.54) is 5.56 Å². The normalized spacial score (nSPS) is 12.2. The van der Waals surface area contributed by atoms with Gasteiger partial charge in [0.05, 0.1) is 20.3 Å². The van der Waals surface area contributed by atoms with E-state index in [0.29, 0.717) is 0 Å². The molecule has 0 fully saturated rings. The third-order valence-electron chi connectivity index (χ3n) is 2.99. The highest BCUT2D eigenvalue weighted by Gasteiger charge is 2.19. The minimum atomic E-state index is 0.0847. The summed E-state index contributed by atoms with van der Waals surface area (Å²) in [6, 6.07) is 5.97. The maximum atomic E-state index is 5.48. The Kier molecular flexibility index (Phi) is 4.85. The monoisotopic (exact) mass is 341 g/mol. The van der Waals surface area contributed by atoms with Crippen LogP contribution in [0.15, 0.2) is 33.4 Å². The molecule has 0 radical (unpaired) electrons. The molecule has 0 saturated heterocycles. The van der Waals surface area contributed by atoms with Gasteiger partial charge in [-0.2, -0.15) is 11.3 Å². The first-order chi connectivity index (χ1) is 9.21. The standard InChI is InChI=1S/C14H16BrNO2S/c1-16-14(11-7-19-8-12(11)15)10-5-4-9(17-2)6-13(10)18-3/h4-8,14,16H,1-3H3. The summed E-state index contributed by atoms with van der Waals surface area (Å²) < 4.78 is 11.8. The zero-order valence-corrected chi connectivity index (χ0v) is 13.5. The van der Waals surface area contributed by atoms with Gasteiger partial charge in [-0.3, -0.25) is 0 Å². The van der Waals surface area contributed by atoms with E-state index in [1.54, 1.807) is 25.6 Å². The molecule has 0 aliphatic carbocycles. The molecule has 1 N–H and O–H groups in total. The van der Waals surface area contributed by atoms with Crippen molar-refractivity contribution in [3.8, 4) is 11.5 Å². The molecule has 0 bridgehead atoms. The molecule has 0 spiro atoms. The summed E-state index contributed by atoms with van der Waals surface area (Å²) in [5, 5.41) is 7.54. The Bertz CT molecular complexity index is 556. The van der Waals surface area contributed by atoms with Crippen LogP contribution in [-0.4, -0.2) is 21.3 Å². The average molecular weight is 342 g/mol. The highest BCUT2D eigenvalue weighted by Crippen LogP contribution is 2.36. The minimum absolute atomic E-state index is 0.0847. The zero-order valence-electron chi connectivity index (χ0n) is 11.1. The lowest BCUT2D eigenvalue weighted by atomic mass is 10.0. The van der Waals surface area contributed by atoms with Gasteiger partial charge in [-0.1, -0.05) is 0 Å². The van der Waals surface area contributed by atoms with E-state index in [4.69, 9.17) is 9.47 Å². The molecular formula is C14H16BrNO2S. The third-order valence-corrected chi connectivity index (χ3v) is 4.75. The predicted octanol–water partition coefficient (Wildman–Crippen LogP) is 3.84. The molecule has 1 aromatic heterocycles. The minimum Gasteiger partial charge on any atom is -0.497 e. The maximum absolute atomic E-state index is 5.48. The highest BCUT2D eigenvalue weighted by atomic mass is 79.9. The van der Waals surface area contributed by atoms with Crippen LogP contribution in [0.25, 0.3) is 0 Å². The number of hydrogen-bond acceptors (Lipinski definition) is 4. The number of nitrogens with one attached hydrogen (secondary N) is 1. The summed E-state index contributed by atoms with van der Waals surface area (Å²) in [6.07, 6.45) is 0. The van der Waals surface area contributed by atoms with Crippen LogP contribution >= 0.6 is 27.3 Å². The first-order valence-electron chi connectivity index (χ1n) is 5.82. The lowest BCUT2D eigenvalue weighted by Crippen LogP contribution is -2.18. The highest BCUT2D eigenvalue weighted by molar-refractivity contribution is 9.10. The van der Waals surface area contributed by atoms with Gasteiger partial charge in [-0.25, -0.2) is 0 Å². The second-order valence-electron chi connectivity index (χ2n) is 4.00. The molecule has 0 amide bonds. The molecule has 1 atom stereocenters. The van der Waals surface area contributed by atoms with Gasteiger partial charge in [0.25, 0.3) is 0 Å². The topological polar surface area (TPSA) is 30.5 Å². The first kappa shape index (κ1) is 14.4. The third kappa shape index (κ3) is 2.94. The van der Waals surface area contributed by atoms with E-state index in [0.717, 1.165) is 21.5 Å². The van der Waals surface area contributed by atoms with E-state index >= 15 is 0 Å². The Hall–Kier alpha value is -1.04. The molecule has 0 aliphatic heterocycles. The number of halogens is 1. The average Bonchev–Trinajstić information content (AvgIpc) is 2.86. The molecule has 0 saturated carbocycles. The molecule has 102 valence electrons. The van der Waals surface area contributed by atoms with Crippen LogP contribution in [0.5, 0.6) is 11.5 Å². The number of methoxy groups -OCH3 is 2. The number of benzene rings is 1. The van der Waals surface area contributed by atoms with Crippen molar-refractivity contribution in [3.63, 3.8) is 0 Å². The number of thiophene rings is 1. The summed E-state index contributed by atoms with van der Waals surface area (Å²) in [6.45, 7) is 0. The molecule has 3 nitrogen and oxygen atoms in total. The van der Waals surface area contributed by atoms with E-state index in [2.05, 4.69) is 32.0 Å². The number of ether oxygens (including phenoxy) is 2. The molecule has 2 rings (SSSR count). The lowest BCUT2D eigenvalue weighted by molar-refractivity contribution is 0.388. The maximum Gasteiger partial charge on any atom is 0.127 e. The van der Waals surface area contributed by atoms with Crippen molar-refractivity contribution in [2.24, 2.45) is 0 Å². The molecule has 1 unspecified atom stereocenters. The molecule has 19 heavy (non-hydrogen) atoms. The fourth-order valence-electron chi connectivity index (χ4n) is 2.03. The molecule has 1 aromatic carbocycles. The van der Waals surface area contributed by atoms with Crippen LogP contribution < -0.4 is 14.8 Å². The summed E-state index contributed by atoms with van der Waals surface area (Å²) in [5.41, 5.74) is 2.29. The molecule has 2 aromatic rings. The van der Waals surface area contributed by atoms with Crippen LogP contribution in [0.4, 0.5) is 0 Å². The van der Waals surface area contributed by atoms with Crippen molar-refractivity contribution in [1.82, 2.24) is 5.32 Å². The molecule has 5 heteroatoms. The summed E-state index contributed by atoms with van der Waals surface area (Å²) in [7, 11) is 5.27. The molecule has 0 aliphatic rings. The van der Waals surface area contributed by atoms with Crippen molar-refractivity contribution in [2.75, 3.05) is 21.3 Å². The Morgan fingerprint density at radius 1 is 1.16 bits per heavy atom. The van der Waals surface area contributed by atoms with Crippen LogP contribution in [0.1, 0.15) is 17.2 Å². The summed E-state index contributed by atoms with van der Waals surface area (Å²) in [5.74, 6) is 1.61. The fraction of sp³-hybridized carbons (Fsp3) is 0.286. The van der Waals surface area contributed by atoms with Gasteiger partial charge < -0.3 is 14.8 Å². The second-order valence-corrected chi connectivity index (χ2v) is 5.60. The van der Waals surface area contributed by atoms with Gasteiger partial charge in [0.1, 0.15) is 11.5 Å². The van der Waals surface area contributed by atoms with Crippen LogP contribution in [-0.2, 0) is 0 Å². The van der Waals surface area contributed by atoms with Crippen molar-refractivity contribution in [1.29, 1.82) is 0 Å². The Morgan fingerprint density at radius 3 is 2.47 bits per heavy atom. The summed E-state index contributed by atoms with van der Waals surface area (Å²) >= 11 is 5.26. The van der Waals surface area contributed by atoms with Crippen LogP contribution in [0, 0.1) is 0 Å². The Labute approximate surface area is 125 Å². The van der Waals surface area contributed by atoms with Gasteiger partial charge in [-0.05, 0) is 46.1 Å². The largest absolute Gasteiger partial charge is 0.497 e. The van der Waals surface area contributed by atoms with E-state index in [1.807, 2.05) is 25.2 Å². The predicted molar refractivity (Wildman–Crippen MR) is 82.5 cm³/mol. The van der Waals surface area contributed by atoms with E-state index in [9.17, 15) is 0 Å². The molecule has 1 heterocycles. The quantitative estimate of drug-likeness (QED) is 0.896. The van der Waals surface area contributed by atoms with Gasteiger partial charge >= 0.3 is 0 Å². The van der Waals surface area contributed by atoms with Gasteiger partial charge in [0.15, 0.2) is 0 Å². The molecular weight excluding hydrogens is 326 g/mol. The zero-order chi connectivity index (χ0) is 13.8. The fourth-order valence-corrected chi connectivity index (χ4v) is 3.58. The van der Waals surface area contributed by atoms with Crippen molar-refractivity contribution < 1.29 is 9.47 Å². The number of hydrogen-bond donors (Lipinski definition) is 1. The Balaban J connectivity index is 2.46. The van der Waals surface area contributed by atoms with Crippen LogP contribution in [0.3, 0.4) is 0 Å². The summed E-state index contributed by atoms with van der Waals surface area (Å²) in [4.78, 5) is 0. The van der Waals surface area contributed by atoms with Gasteiger partial charge in [0.2, 0.25) is 0 Å². The van der Waals surface area contributed by atoms with Crippen molar-refractivity contribution in [2.45, 2.75) is 6.04 Å². The van der Waals surface area contributed by atoms with Crippen molar-refractivity contribution >= 4 is 27.3 Å². The van der Waals surface area contributed by atoms with Crippen LogP contribution in [0.2, 0.25) is 0 Å². The SMILES string of the molecule is CNC(c1cscc1Br)c1ccc(OC)cc1OC. The number of rotatable bonds is 5. The van der Waals surface area contributed by atoms with E-state index < -0.39 is 0 Å². The van der Waals surface area contributed by atoms with Gasteiger partial charge in [-0.15, -0.1) is 0 Å². The lowest BCUT2D eigenvalue weighted by Gasteiger charge is -2.20. The smallest absolute Gasteiger partial charge is 0.127 e. The van der Waals surface area contributed by atoms with Crippen molar-refractivity contribution in [3.05, 3.63) is 44.6 Å².